The summed E-state index contributed by atoms with van der Waals surface area (Å²) < 4.78 is 50.5. The van der Waals surface area contributed by atoms with Crippen LogP contribution in [0.3, 0.4) is 0 Å². The molecule has 8 nitrogen and oxygen atoms in total. The first kappa shape index (κ1) is 25.4. The van der Waals surface area contributed by atoms with Gasteiger partial charge in [0.2, 0.25) is 5.91 Å². The van der Waals surface area contributed by atoms with E-state index in [1.54, 1.807) is 24.3 Å². The van der Waals surface area contributed by atoms with Gasteiger partial charge >= 0.3 is 12.6 Å². The number of carbonyl (C=O) groups excluding carboxylic acids is 2. The summed E-state index contributed by atoms with van der Waals surface area (Å²) in [6.07, 6.45) is 2.45. The molecule has 2 rings (SSSR count). The zero-order valence-electron chi connectivity index (χ0n) is 18.7. The molecule has 33 heavy (non-hydrogen) atoms. The van der Waals surface area contributed by atoms with Crippen LogP contribution in [0.5, 0.6) is 23.0 Å². The van der Waals surface area contributed by atoms with Crippen LogP contribution in [0, 0.1) is 0 Å². The number of benzene rings is 2. The van der Waals surface area contributed by atoms with Crippen LogP contribution in [-0.4, -0.2) is 58.4 Å². The first-order valence-corrected chi connectivity index (χ1v) is 9.68. The van der Waals surface area contributed by atoms with Crippen molar-refractivity contribution in [2.24, 2.45) is 0 Å². The van der Waals surface area contributed by atoms with E-state index in [0.717, 1.165) is 6.08 Å². The van der Waals surface area contributed by atoms with E-state index < -0.39 is 18.5 Å². The number of amides is 1. The van der Waals surface area contributed by atoms with E-state index in [1.807, 2.05) is 0 Å². The summed E-state index contributed by atoms with van der Waals surface area (Å²) >= 11 is 0. The monoisotopic (exact) mass is 465 g/mol. The fourth-order valence-electron chi connectivity index (χ4n) is 2.92. The maximum absolute atomic E-state index is 12.9. The predicted molar refractivity (Wildman–Crippen MR) is 116 cm³/mol. The number of rotatable bonds is 11. The molecule has 0 saturated heterocycles. The molecule has 178 valence electrons. The number of para-hydroxylation sites is 1. The van der Waals surface area contributed by atoms with E-state index in [1.165, 1.54) is 51.5 Å². The Morgan fingerprint density at radius 1 is 1.00 bits per heavy atom. The molecule has 0 aromatic heterocycles. The van der Waals surface area contributed by atoms with Crippen LogP contribution in [0.15, 0.2) is 42.5 Å². The Kier molecular flexibility index (Phi) is 9.46. The van der Waals surface area contributed by atoms with Crippen molar-refractivity contribution >= 4 is 18.0 Å². The zero-order chi connectivity index (χ0) is 24.4. The summed E-state index contributed by atoms with van der Waals surface area (Å²) in [5, 5.41) is 0. The number of carbonyl (C=O) groups is 2. The van der Waals surface area contributed by atoms with Gasteiger partial charge in [0.1, 0.15) is 18.0 Å². The van der Waals surface area contributed by atoms with Gasteiger partial charge in [-0.1, -0.05) is 12.1 Å². The lowest BCUT2D eigenvalue weighted by Gasteiger charge is -2.21. The second-order valence-electron chi connectivity index (χ2n) is 6.58. The van der Waals surface area contributed by atoms with Crippen molar-refractivity contribution in [3.63, 3.8) is 0 Å². The number of methoxy groups -OCH3 is 4. The van der Waals surface area contributed by atoms with E-state index >= 15 is 0 Å². The molecule has 0 aliphatic carbocycles. The average molecular weight is 465 g/mol. The molecule has 0 atom stereocenters. The number of nitrogens with zero attached hydrogens (tertiary/aromatic N) is 1. The lowest BCUT2D eigenvalue weighted by atomic mass is 10.1. The molecule has 0 N–H and O–H groups in total. The minimum atomic E-state index is -3.08. The smallest absolute Gasteiger partial charge is 0.387 e. The zero-order valence-corrected chi connectivity index (χ0v) is 18.7. The maximum Gasteiger partial charge on any atom is 0.387 e. The Hall–Kier alpha value is -3.82. The minimum absolute atomic E-state index is 0.0321. The predicted octanol–water partition coefficient (Wildman–Crippen LogP) is 3.53. The largest absolute Gasteiger partial charge is 0.497 e. The second kappa shape index (κ2) is 12.3. The number of alkyl halides is 2. The molecule has 0 aliphatic rings. The minimum Gasteiger partial charge on any atom is -0.497 e. The van der Waals surface area contributed by atoms with Crippen molar-refractivity contribution in [3.8, 4) is 23.0 Å². The lowest BCUT2D eigenvalue weighted by molar-refractivity contribution is -0.145. The van der Waals surface area contributed by atoms with Gasteiger partial charge in [0, 0.05) is 24.3 Å². The molecule has 1 amide bonds. The SMILES string of the molecule is COC(=O)CN(Cc1cc(OC)cc(OC)c1)C(=O)/C=C/c1cccc(OC)c1OC(F)F. The molecular weight excluding hydrogens is 440 g/mol. The molecule has 0 spiro atoms. The molecule has 0 fully saturated rings. The van der Waals surface area contributed by atoms with Crippen LogP contribution < -0.4 is 18.9 Å². The molecule has 0 saturated carbocycles. The van der Waals surface area contributed by atoms with Crippen LogP contribution in [0.2, 0.25) is 0 Å². The van der Waals surface area contributed by atoms with Crippen molar-refractivity contribution in [2.45, 2.75) is 13.2 Å². The molecule has 10 heteroatoms. The summed E-state index contributed by atoms with van der Waals surface area (Å²) in [6.45, 7) is -3.38. The lowest BCUT2D eigenvalue weighted by Crippen LogP contribution is -2.34. The molecule has 0 bridgehead atoms. The summed E-state index contributed by atoms with van der Waals surface area (Å²) in [5.41, 5.74) is 0.837. The Bertz CT molecular complexity index is 973. The van der Waals surface area contributed by atoms with E-state index in [9.17, 15) is 18.4 Å². The van der Waals surface area contributed by atoms with Crippen molar-refractivity contribution in [2.75, 3.05) is 35.0 Å². The van der Waals surface area contributed by atoms with Crippen molar-refractivity contribution in [1.29, 1.82) is 0 Å². The number of esters is 1. The van der Waals surface area contributed by atoms with Crippen LogP contribution in [0.1, 0.15) is 11.1 Å². The van der Waals surface area contributed by atoms with Crippen LogP contribution >= 0.6 is 0 Å². The van der Waals surface area contributed by atoms with E-state index in [0.29, 0.717) is 17.1 Å². The number of halogens is 2. The third kappa shape index (κ3) is 7.37. The highest BCUT2D eigenvalue weighted by molar-refractivity contribution is 5.94. The Labute approximate surface area is 190 Å². The number of hydrogen-bond acceptors (Lipinski definition) is 7. The molecular formula is C23H25F2NO7. The van der Waals surface area contributed by atoms with Gasteiger partial charge in [-0.05, 0) is 29.8 Å². The van der Waals surface area contributed by atoms with Gasteiger partial charge in [-0.3, -0.25) is 9.59 Å². The van der Waals surface area contributed by atoms with Crippen LogP contribution in [0.25, 0.3) is 6.08 Å². The normalized spacial score (nSPS) is 10.8. The van der Waals surface area contributed by atoms with Gasteiger partial charge in [-0.25, -0.2) is 0 Å². The Morgan fingerprint density at radius 3 is 2.21 bits per heavy atom. The number of hydrogen-bond donors (Lipinski definition) is 0. The van der Waals surface area contributed by atoms with Crippen LogP contribution in [-0.2, 0) is 20.9 Å². The van der Waals surface area contributed by atoms with Crippen molar-refractivity contribution < 1.29 is 42.1 Å². The summed E-state index contributed by atoms with van der Waals surface area (Å²) in [5.74, 6) is -0.301. The maximum atomic E-state index is 12.9. The van der Waals surface area contributed by atoms with Gasteiger partial charge in [0.05, 0.1) is 28.4 Å². The summed E-state index contributed by atoms with van der Waals surface area (Å²) in [6, 6.07) is 9.57. The highest BCUT2D eigenvalue weighted by Crippen LogP contribution is 2.33. The Balaban J connectivity index is 2.34. The quantitative estimate of drug-likeness (QED) is 0.371. The highest BCUT2D eigenvalue weighted by atomic mass is 19.3. The van der Waals surface area contributed by atoms with Crippen molar-refractivity contribution in [1.82, 2.24) is 4.90 Å². The second-order valence-corrected chi connectivity index (χ2v) is 6.58. The summed E-state index contributed by atoms with van der Waals surface area (Å²) in [4.78, 5) is 26.0. The van der Waals surface area contributed by atoms with E-state index in [4.69, 9.17) is 14.2 Å². The molecule has 2 aromatic carbocycles. The van der Waals surface area contributed by atoms with Crippen molar-refractivity contribution in [3.05, 3.63) is 53.6 Å². The highest BCUT2D eigenvalue weighted by Gasteiger charge is 2.18. The Morgan fingerprint density at radius 2 is 1.67 bits per heavy atom. The van der Waals surface area contributed by atoms with E-state index in [2.05, 4.69) is 9.47 Å². The fraction of sp³-hybridized carbons (Fsp3) is 0.304. The molecule has 2 aromatic rings. The first-order valence-electron chi connectivity index (χ1n) is 9.68. The molecule has 0 aliphatic heterocycles. The molecule has 0 radical (unpaired) electrons. The third-order valence-electron chi connectivity index (χ3n) is 4.49. The number of ether oxygens (including phenoxy) is 5. The van der Waals surface area contributed by atoms with Gasteiger partial charge in [-0.15, -0.1) is 0 Å². The summed E-state index contributed by atoms with van der Waals surface area (Å²) in [7, 11) is 5.50. The van der Waals surface area contributed by atoms with Gasteiger partial charge < -0.3 is 28.6 Å². The molecule has 0 heterocycles. The molecule has 0 unspecified atom stereocenters. The average Bonchev–Trinajstić information content (AvgIpc) is 2.81. The van der Waals surface area contributed by atoms with E-state index in [-0.39, 0.29) is 30.2 Å². The first-order chi connectivity index (χ1) is 15.8. The van der Waals surface area contributed by atoms with Gasteiger partial charge in [-0.2, -0.15) is 8.78 Å². The van der Waals surface area contributed by atoms with Gasteiger partial charge in [0.25, 0.3) is 0 Å². The van der Waals surface area contributed by atoms with Crippen LogP contribution in [0.4, 0.5) is 8.78 Å². The third-order valence-corrected chi connectivity index (χ3v) is 4.49. The fourth-order valence-corrected chi connectivity index (χ4v) is 2.92. The topological polar surface area (TPSA) is 83.5 Å². The van der Waals surface area contributed by atoms with Gasteiger partial charge in [0.15, 0.2) is 11.5 Å². The standard InChI is InChI=1S/C23H25F2NO7/c1-29-17-10-15(11-18(12-17)30-2)13-26(14-21(28)32-4)20(27)9-8-16-6-5-7-19(31-3)22(16)33-23(24)25/h5-12,23H,13-14H2,1-4H3/b9-8+.